The summed E-state index contributed by atoms with van der Waals surface area (Å²) in [5, 5.41) is 0. The molecule has 0 heterocycles. The van der Waals surface area contributed by atoms with E-state index < -0.39 is 10.1 Å². The van der Waals surface area contributed by atoms with Crippen molar-refractivity contribution >= 4 is 10.1 Å². The van der Waals surface area contributed by atoms with Gasteiger partial charge in [0.2, 0.25) is 0 Å². The SMILES string of the molecule is CCCCCCCCCCCCOS(=O)(=O)c1ccccc1.[CH2-]CCCCCCCC.[Na+]. The van der Waals surface area contributed by atoms with E-state index in [1.807, 2.05) is 0 Å². The summed E-state index contributed by atoms with van der Waals surface area (Å²) in [6.07, 6.45) is 21.7. The zero-order valence-electron chi connectivity index (χ0n) is 21.5. The first-order valence-electron chi connectivity index (χ1n) is 12.8. The van der Waals surface area contributed by atoms with Crippen molar-refractivity contribution in [3.05, 3.63) is 37.3 Å². The summed E-state index contributed by atoms with van der Waals surface area (Å²) in [6, 6.07) is 8.33. The topological polar surface area (TPSA) is 43.4 Å². The zero-order valence-corrected chi connectivity index (χ0v) is 24.3. The van der Waals surface area contributed by atoms with Crippen molar-refractivity contribution in [2.45, 2.75) is 128 Å². The Labute approximate surface area is 222 Å². The van der Waals surface area contributed by atoms with E-state index in [2.05, 4.69) is 20.8 Å². The molecule has 0 spiro atoms. The molecule has 32 heavy (non-hydrogen) atoms. The molecule has 0 saturated heterocycles. The van der Waals surface area contributed by atoms with Crippen LogP contribution < -0.4 is 29.6 Å². The summed E-state index contributed by atoms with van der Waals surface area (Å²) in [7, 11) is -3.57. The zero-order chi connectivity index (χ0) is 23.0. The van der Waals surface area contributed by atoms with Gasteiger partial charge in [0, 0.05) is 0 Å². The van der Waals surface area contributed by atoms with Crippen LogP contribution in [-0.4, -0.2) is 15.0 Å². The first kappa shape index (κ1) is 34.3. The Bertz CT molecular complexity index is 570. The van der Waals surface area contributed by atoms with Gasteiger partial charge in [0.05, 0.1) is 11.5 Å². The molecule has 0 aliphatic carbocycles. The van der Waals surface area contributed by atoms with Gasteiger partial charge in [-0.3, -0.25) is 4.18 Å². The fourth-order valence-corrected chi connectivity index (χ4v) is 4.33. The predicted octanol–water partition coefficient (Wildman–Crippen LogP) is 5.89. The maximum atomic E-state index is 11.9. The average molecular weight is 477 g/mol. The Balaban J connectivity index is 0. The number of hydrogen-bond donors (Lipinski definition) is 0. The normalized spacial score (nSPS) is 10.8. The standard InChI is InChI=1S/C18H30O3S.C9H19.Na/c1-2-3-4-5-6-7-8-9-10-14-17-21-22(19,20)18-15-12-11-13-16-18;1-3-5-7-9-8-6-4-2;/h11-13,15-16H,2-10,14,17H2,1H3;1,3-9H2,2H3;/q;-1;+1. The number of rotatable bonds is 19. The van der Waals surface area contributed by atoms with Gasteiger partial charge < -0.3 is 6.92 Å². The molecular formula is C27H49NaO3S. The number of hydrogen-bond acceptors (Lipinski definition) is 3. The van der Waals surface area contributed by atoms with Crippen LogP contribution >= 0.6 is 0 Å². The Morgan fingerprint density at radius 3 is 1.50 bits per heavy atom. The Morgan fingerprint density at radius 1 is 0.656 bits per heavy atom. The molecule has 0 bridgehead atoms. The summed E-state index contributed by atoms with van der Waals surface area (Å²) in [5.74, 6) is 0. The first-order valence-corrected chi connectivity index (χ1v) is 14.2. The second-order valence-corrected chi connectivity index (χ2v) is 10.0. The van der Waals surface area contributed by atoms with Crippen molar-refractivity contribution in [3.8, 4) is 0 Å². The molecule has 1 aromatic carbocycles. The van der Waals surface area contributed by atoms with Crippen molar-refractivity contribution in [3.63, 3.8) is 0 Å². The maximum absolute atomic E-state index is 11.9. The largest absolute Gasteiger partial charge is 1.00 e. The van der Waals surface area contributed by atoms with E-state index in [1.165, 1.54) is 89.9 Å². The molecule has 0 aromatic heterocycles. The molecule has 0 aliphatic rings. The van der Waals surface area contributed by atoms with Gasteiger partial charge in [-0.05, 0) is 18.6 Å². The number of unbranched alkanes of at least 4 members (excludes halogenated alkanes) is 15. The minimum Gasteiger partial charge on any atom is -0.343 e. The van der Waals surface area contributed by atoms with Gasteiger partial charge in [-0.1, -0.05) is 128 Å². The van der Waals surface area contributed by atoms with Gasteiger partial charge in [-0.15, -0.1) is 0 Å². The summed E-state index contributed by atoms with van der Waals surface area (Å²) < 4.78 is 28.8. The van der Waals surface area contributed by atoms with Crippen LogP contribution in [0.1, 0.15) is 123 Å². The molecule has 0 N–H and O–H groups in total. The van der Waals surface area contributed by atoms with Gasteiger partial charge in [-0.25, -0.2) is 0 Å². The molecular weight excluding hydrogens is 427 g/mol. The molecule has 0 unspecified atom stereocenters. The summed E-state index contributed by atoms with van der Waals surface area (Å²) in [5.41, 5.74) is 0. The van der Waals surface area contributed by atoms with Crippen LogP contribution in [0.4, 0.5) is 0 Å². The fourth-order valence-electron chi connectivity index (χ4n) is 3.37. The molecule has 1 aromatic rings. The van der Waals surface area contributed by atoms with Crippen LogP contribution in [-0.2, 0) is 14.3 Å². The van der Waals surface area contributed by atoms with Gasteiger partial charge >= 0.3 is 29.6 Å². The van der Waals surface area contributed by atoms with E-state index in [1.54, 1.807) is 30.3 Å². The molecule has 0 aliphatic heterocycles. The second kappa shape index (κ2) is 25.7. The molecule has 5 heteroatoms. The molecule has 0 saturated carbocycles. The molecule has 182 valence electrons. The summed E-state index contributed by atoms with van der Waals surface area (Å²) in [6.45, 7) is 8.58. The van der Waals surface area contributed by atoms with E-state index in [0.717, 1.165) is 19.3 Å². The van der Waals surface area contributed by atoms with E-state index in [-0.39, 0.29) is 41.1 Å². The average Bonchev–Trinajstić information content (AvgIpc) is 2.78. The Hall–Kier alpha value is 0.130. The minimum atomic E-state index is -3.57. The molecule has 0 atom stereocenters. The van der Waals surface area contributed by atoms with Crippen LogP contribution in [0.25, 0.3) is 0 Å². The Morgan fingerprint density at radius 2 is 1.06 bits per heavy atom. The van der Waals surface area contributed by atoms with Crippen molar-refractivity contribution in [1.29, 1.82) is 0 Å². The molecule has 0 fully saturated rings. The van der Waals surface area contributed by atoms with Crippen LogP contribution in [0.3, 0.4) is 0 Å². The van der Waals surface area contributed by atoms with Gasteiger partial charge in [0.15, 0.2) is 0 Å². The maximum Gasteiger partial charge on any atom is 1.00 e. The van der Waals surface area contributed by atoms with E-state index in [4.69, 9.17) is 4.18 Å². The predicted molar refractivity (Wildman–Crippen MR) is 135 cm³/mol. The molecule has 3 nitrogen and oxygen atoms in total. The molecule has 0 radical (unpaired) electrons. The van der Waals surface area contributed by atoms with Gasteiger partial charge in [0.25, 0.3) is 10.1 Å². The van der Waals surface area contributed by atoms with Crippen LogP contribution in [0.2, 0.25) is 0 Å². The third-order valence-corrected chi connectivity index (χ3v) is 6.70. The summed E-state index contributed by atoms with van der Waals surface area (Å²) >= 11 is 0. The molecule has 0 amide bonds. The van der Waals surface area contributed by atoms with Gasteiger partial charge in [0.1, 0.15) is 0 Å². The number of benzene rings is 1. The smallest absolute Gasteiger partial charge is 0.343 e. The Kier molecular flexibility index (Phi) is 27.6. The third kappa shape index (κ3) is 21.9. The third-order valence-electron chi connectivity index (χ3n) is 5.37. The van der Waals surface area contributed by atoms with E-state index >= 15 is 0 Å². The summed E-state index contributed by atoms with van der Waals surface area (Å²) in [4.78, 5) is 0.238. The van der Waals surface area contributed by atoms with Gasteiger partial charge in [-0.2, -0.15) is 14.8 Å². The second-order valence-electron chi connectivity index (χ2n) is 8.39. The minimum absolute atomic E-state index is 0. The van der Waals surface area contributed by atoms with Crippen molar-refractivity contribution < 1.29 is 42.2 Å². The van der Waals surface area contributed by atoms with Crippen molar-refractivity contribution in [2.75, 3.05) is 6.61 Å². The first-order chi connectivity index (χ1) is 15.1. The van der Waals surface area contributed by atoms with Crippen LogP contribution in [0.15, 0.2) is 35.2 Å². The van der Waals surface area contributed by atoms with E-state index in [0.29, 0.717) is 0 Å². The fraction of sp³-hybridized carbons (Fsp3) is 0.741. The van der Waals surface area contributed by atoms with Crippen LogP contribution in [0.5, 0.6) is 0 Å². The van der Waals surface area contributed by atoms with Crippen molar-refractivity contribution in [2.24, 2.45) is 0 Å². The monoisotopic (exact) mass is 476 g/mol. The van der Waals surface area contributed by atoms with Crippen molar-refractivity contribution in [1.82, 2.24) is 0 Å². The molecule has 1 rings (SSSR count). The van der Waals surface area contributed by atoms with E-state index in [9.17, 15) is 8.42 Å². The quantitative estimate of drug-likeness (QED) is 0.108. The van der Waals surface area contributed by atoms with Crippen LogP contribution in [0, 0.1) is 6.92 Å².